The van der Waals surface area contributed by atoms with Crippen LogP contribution in [0.1, 0.15) is 18.0 Å². The van der Waals surface area contributed by atoms with Crippen molar-refractivity contribution in [2.24, 2.45) is 10.9 Å². The zero-order valence-electron chi connectivity index (χ0n) is 12.9. The van der Waals surface area contributed by atoms with Gasteiger partial charge in [0.1, 0.15) is 0 Å². The fourth-order valence-electron chi connectivity index (χ4n) is 2.76. The predicted octanol–water partition coefficient (Wildman–Crippen LogP) is 0.187. The Morgan fingerprint density at radius 1 is 1.42 bits per heavy atom. The summed E-state index contributed by atoms with van der Waals surface area (Å²) in [5.74, 6) is -0.544. The van der Waals surface area contributed by atoms with Crippen molar-refractivity contribution in [2.45, 2.75) is 23.8 Å². The summed E-state index contributed by atoms with van der Waals surface area (Å²) >= 11 is 0. The second-order valence-electron chi connectivity index (χ2n) is 5.75. The molecule has 2 aromatic rings. The van der Waals surface area contributed by atoms with Gasteiger partial charge in [-0.15, -0.1) is 0 Å². The van der Waals surface area contributed by atoms with Crippen LogP contribution in [0.3, 0.4) is 0 Å². The van der Waals surface area contributed by atoms with Crippen molar-refractivity contribution in [3.8, 4) is 11.1 Å². The summed E-state index contributed by atoms with van der Waals surface area (Å²) < 4.78 is 31.0. The van der Waals surface area contributed by atoms with E-state index in [9.17, 15) is 13.2 Å². The first kappa shape index (κ1) is 16.6. The molecule has 128 valence electrons. The Morgan fingerprint density at radius 2 is 2.21 bits per heavy atom. The van der Waals surface area contributed by atoms with Gasteiger partial charge in [-0.1, -0.05) is 12.1 Å². The Bertz CT molecular complexity index is 869. The lowest BCUT2D eigenvalue weighted by molar-refractivity contribution is -0.117. The normalized spacial score (nSPS) is 18.0. The first-order chi connectivity index (χ1) is 11.3. The van der Waals surface area contributed by atoms with E-state index in [0.717, 1.165) is 6.42 Å². The predicted molar refractivity (Wildman–Crippen MR) is 86.4 cm³/mol. The molecule has 1 aliphatic heterocycles. The van der Waals surface area contributed by atoms with Crippen LogP contribution in [0.15, 0.2) is 35.5 Å². The van der Waals surface area contributed by atoms with E-state index in [1.54, 1.807) is 29.2 Å². The summed E-state index contributed by atoms with van der Waals surface area (Å²) in [4.78, 5) is 11.0. The second-order valence-corrected chi connectivity index (χ2v) is 7.27. The summed E-state index contributed by atoms with van der Waals surface area (Å²) in [6, 6.07) is 4.80. The maximum Gasteiger partial charge on any atom is 0.238 e. The number of benzene rings is 1. The summed E-state index contributed by atoms with van der Waals surface area (Å²) in [6.45, 7) is 1.27. The number of hydrogen-bond donors (Lipinski definition) is 2. The Balaban J connectivity index is 2.02. The van der Waals surface area contributed by atoms with Gasteiger partial charge in [-0.3, -0.25) is 9.48 Å². The van der Waals surface area contributed by atoms with Crippen molar-refractivity contribution in [3.05, 3.63) is 36.2 Å². The molecule has 1 aromatic carbocycles. The number of nitrogens with zero attached hydrogens (tertiary/aromatic N) is 2. The van der Waals surface area contributed by atoms with E-state index < -0.39 is 15.9 Å². The molecule has 8 nitrogen and oxygen atoms in total. The van der Waals surface area contributed by atoms with Gasteiger partial charge in [-0.25, -0.2) is 13.6 Å². The van der Waals surface area contributed by atoms with Crippen LogP contribution < -0.4 is 10.9 Å². The van der Waals surface area contributed by atoms with Crippen LogP contribution in [-0.2, 0) is 26.0 Å². The quantitative estimate of drug-likeness (QED) is 0.795. The van der Waals surface area contributed by atoms with Gasteiger partial charge in [0.05, 0.1) is 30.2 Å². The van der Waals surface area contributed by atoms with Crippen molar-refractivity contribution in [3.63, 3.8) is 0 Å². The van der Waals surface area contributed by atoms with Crippen LogP contribution >= 0.6 is 0 Å². The number of primary amides is 1. The van der Waals surface area contributed by atoms with Crippen molar-refractivity contribution in [2.75, 3.05) is 13.2 Å². The van der Waals surface area contributed by atoms with E-state index >= 15 is 0 Å². The number of primary sulfonamides is 1. The highest BCUT2D eigenvalue weighted by atomic mass is 32.2. The third-order valence-corrected chi connectivity index (χ3v) is 4.87. The fraction of sp³-hybridized carbons (Fsp3) is 0.333. The van der Waals surface area contributed by atoms with Gasteiger partial charge in [-0.2, -0.15) is 5.10 Å². The highest BCUT2D eigenvalue weighted by molar-refractivity contribution is 7.89. The lowest BCUT2D eigenvalue weighted by Crippen LogP contribution is -2.16. The van der Waals surface area contributed by atoms with Crippen LogP contribution in [-0.4, -0.2) is 37.3 Å². The number of amides is 1. The van der Waals surface area contributed by atoms with Gasteiger partial charge in [0.25, 0.3) is 0 Å². The molecule has 3 rings (SSSR count). The Labute approximate surface area is 139 Å². The number of sulfonamides is 1. The van der Waals surface area contributed by atoms with E-state index in [4.69, 9.17) is 15.6 Å². The Morgan fingerprint density at radius 3 is 2.83 bits per heavy atom. The lowest BCUT2D eigenvalue weighted by Gasteiger charge is -2.09. The zero-order chi connectivity index (χ0) is 17.3. The van der Waals surface area contributed by atoms with Crippen LogP contribution in [0.4, 0.5) is 0 Å². The van der Waals surface area contributed by atoms with Crippen molar-refractivity contribution in [1.82, 2.24) is 9.78 Å². The van der Waals surface area contributed by atoms with Crippen LogP contribution in [0, 0.1) is 0 Å². The minimum Gasteiger partial charge on any atom is -0.379 e. The van der Waals surface area contributed by atoms with Gasteiger partial charge in [0.15, 0.2) is 0 Å². The summed E-state index contributed by atoms with van der Waals surface area (Å²) in [6.07, 6.45) is 4.18. The highest BCUT2D eigenvalue weighted by Crippen LogP contribution is 2.29. The number of carbonyl (C=O) groups is 1. The largest absolute Gasteiger partial charge is 0.379 e. The van der Waals surface area contributed by atoms with Crippen LogP contribution in [0.2, 0.25) is 0 Å². The molecule has 1 unspecified atom stereocenters. The Hall–Kier alpha value is -2.23. The van der Waals surface area contributed by atoms with E-state index in [-0.39, 0.29) is 17.4 Å². The van der Waals surface area contributed by atoms with Gasteiger partial charge in [-0.05, 0) is 18.1 Å². The van der Waals surface area contributed by atoms with Gasteiger partial charge in [0, 0.05) is 23.9 Å². The highest BCUT2D eigenvalue weighted by Gasteiger charge is 2.21. The van der Waals surface area contributed by atoms with E-state index in [0.29, 0.717) is 29.9 Å². The molecular weight excluding hydrogens is 332 g/mol. The maximum absolute atomic E-state index is 11.9. The SMILES string of the molecule is NC(=O)Cc1ccc(-c2cnn(C3CCOC3)c2)c(S(N)(=O)=O)c1. The molecule has 0 bridgehead atoms. The van der Waals surface area contributed by atoms with Crippen molar-refractivity contribution >= 4 is 15.9 Å². The standard InChI is InChI=1S/C15H18N4O4S/c16-15(20)6-10-1-2-13(14(5-10)24(17,21)22)11-7-18-19(8-11)12-3-4-23-9-12/h1-2,5,7-8,12H,3-4,6,9H2,(H2,16,20)(H2,17,21,22). The van der Waals surface area contributed by atoms with Crippen molar-refractivity contribution in [1.29, 1.82) is 0 Å². The van der Waals surface area contributed by atoms with Gasteiger partial charge < -0.3 is 10.5 Å². The first-order valence-electron chi connectivity index (χ1n) is 7.41. The summed E-state index contributed by atoms with van der Waals surface area (Å²) in [5, 5.41) is 9.63. The molecule has 1 amide bonds. The molecule has 0 radical (unpaired) electrons. The molecule has 0 spiro atoms. The number of ether oxygens (including phenoxy) is 1. The molecule has 1 atom stereocenters. The topological polar surface area (TPSA) is 130 Å². The molecule has 0 aliphatic carbocycles. The molecular formula is C15H18N4O4S. The monoisotopic (exact) mass is 350 g/mol. The number of aromatic nitrogens is 2. The van der Waals surface area contributed by atoms with Crippen molar-refractivity contribution < 1.29 is 17.9 Å². The minimum atomic E-state index is -3.96. The average Bonchev–Trinajstić information content (AvgIpc) is 3.17. The maximum atomic E-state index is 11.9. The van der Waals surface area contributed by atoms with E-state index in [1.165, 1.54) is 6.07 Å². The number of hydrogen-bond acceptors (Lipinski definition) is 5. The average molecular weight is 350 g/mol. The third kappa shape index (κ3) is 3.48. The molecule has 24 heavy (non-hydrogen) atoms. The number of nitrogens with two attached hydrogens (primary N) is 2. The fourth-order valence-corrected chi connectivity index (χ4v) is 3.57. The molecule has 1 aromatic heterocycles. The molecule has 2 heterocycles. The molecule has 1 saturated heterocycles. The molecule has 0 saturated carbocycles. The smallest absolute Gasteiger partial charge is 0.238 e. The van der Waals surface area contributed by atoms with E-state index in [2.05, 4.69) is 5.10 Å². The van der Waals surface area contributed by atoms with E-state index in [1.807, 2.05) is 0 Å². The molecule has 9 heteroatoms. The summed E-state index contributed by atoms with van der Waals surface area (Å²) in [7, 11) is -3.96. The number of carbonyl (C=O) groups excluding carboxylic acids is 1. The lowest BCUT2D eigenvalue weighted by atomic mass is 10.1. The zero-order valence-corrected chi connectivity index (χ0v) is 13.7. The number of rotatable bonds is 5. The molecule has 4 N–H and O–H groups in total. The second kappa shape index (κ2) is 6.34. The van der Waals surface area contributed by atoms with Crippen LogP contribution in [0.25, 0.3) is 11.1 Å². The van der Waals surface area contributed by atoms with Gasteiger partial charge >= 0.3 is 0 Å². The first-order valence-corrected chi connectivity index (χ1v) is 8.95. The third-order valence-electron chi connectivity index (χ3n) is 3.92. The Kier molecular flexibility index (Phi) is 4.39. The van der Waals surface area contributed by atoms with Gasteiger partial charge in [0.2, 0.25) is 15.9 Å². The minimum absolute atomic E-state index is 0.0523. The summed E-state index contributed by atoms with van der Waals surface area (Å²) in [5.41, 5.74) is 6.73. The van der Waals surface area contributed by atoms with Crippen LogP contribution in [0.5, 0.6) is 0 Å². The molecule has 1 aliphatic rings. The molecule has 1 fully saturated rings.